The summed E-state index contributed by atoms with van der Waals surface area (Å²) in [5.41, 5.74) is 0. The number of hydrogen-bond donors (Lipinski definition) is 0. The van der Waals surface area contributed by atoms with Crippen LogP contribution >= 0.6 is 0 Å². The number of anilines is 1. The molecule has 1 fully saturated rings. The molecule has 7 nitrogen and oxygen atoms in total. The fraction of sp³-hybridized carbons (Fsp3) is 0.714. The van der Waals surface area contributed by atoms with Crippen molar-refractivity contribution in [1.82, 2.24) is 14.3 Å². The van der Waals surface area contributed by atoms with Crippen molar-refractivity contribution in [2.24, 2.45) is 0 Å². The van der Waals surface area contributed by atoms with Crippen LogP contribution in [0.15, 0.2) is 6.07 Å². The molecule has 1 aliphatic rings. The number of aromatic nitrogens is 2. The molecule has 0 spiro atoms. The number of nitrogens with zero attached hydrogens (tertiary/aromatic N) is 4. The average Bonchev–Trinajstić information content (AvgIpc) is 2.46. The molecule has 2 rings (SSSR count). The molecule has 0 bridgehead atoms. The van der Waals surface area contributed by atoms with Crippen molar-refractivity contribution in [2.75, 3.05) is 36.8 Å². The summed E-state index contributed by atoms with van der Waals surface area (Å²) in [5, 5.41) is 0. The van der Waals surface area contributed by atoms with Crippen LogP contribution in [-0.2, 0) is 10.0 Å². The van der Waals surface area contributed by atoms with Crippen molar-refractivity contribution in [1.29, 1.82) is 0 Å². The minimum absolute atomic E-state index is 0.0497. The fourth-order valence-corrected chi connectivity index (χ4v) is 3.45. The summed E-state index contributed by atoms with van der Waals surface area (Å²) < 4.78 is 31.0. The van der Waals surface area contributed by atoms with Gasteiger partial charge in [-0.2, -0.15) is 9.29 Å². The molecular formula is C14H24N4O3S. The second kappa shape index (κ2) is 6.78. The SMILES string of the molecule is CCS(=O)(=O)N1CCN(c2cc(OC(C)C)nc(C)n2)CC1. The summed E-state index contributed by atoms with van der Waals surface area (Å²) in [6, 6.07) is 1.82. The predicted octanol–water partition coefficient (Wildman–Crippen LogP) is 1.04. The van der Waals surface area contributed by atoms with Crippen LogP contribution in [0.5, 0.6) is 5.88 Å². The Hall–Kier alpha value is -1.41. The highest BCUT2D eigenvalue weighted by molar-refractivity contribution is 7.89. The first-order valence-corrected chi connectivity index (χ1v) is 9.18. The van der Waals surface area contributed by atoms with Gasteiger partial charge in [-0.25, -0.2) is 13.4 Å². The van der Waals surface area contributed by atoms with Gasteiger partial charge >= 0.3 is 0 Å². The van der Waals surface area contributed by atoms with Crippen molar-refractivity contribution in [3.05, 3.63) is 11.9 Å². The molecule has 0 saturated carbocycles. The first-order chi connectivity index (χ1) is 10.3. The normalized spacial score (nSPS) is 17.0. The van der Waals surface area contributed by atoms with E-state index in [-0.39, 0.29) is 11.9 Å². The Balaban J connectivity index is 2.09. The van der Waals surface area contributed by atoms with Gasteiger partial charge in [-0.3, -0.25) is 0 Å². The first-order valence-electron chi connectivity index (χ1n) is 7.57. The molecule has 8 heteroatoms. The molecule has 124 valence electrons. The van der Waals surface area contributed by atoms with Crippen LogP contribution in [0.25, 0.3) is 0 Å². The summed E-state index contributed by atoms with van der Waals surface area (Å²) in [5.74, 6) is 2.14. The first kappa shape index (κ1) is 17.0. The number of rotatable bonds is 5. The molecule has 0 unspecified atom stereocenters. The van der Waals surface area contributed by atoms with Gasteiger partial charge in [-0.1, -0.05) is 0 Å². The highest BCUT2D eigenvalue weighted by Gasteiger charge is 2.26. The summed E-state index contributed by atoms with van der Waals surface area (Å²) in [6.45, 7) is 9.61. The van der Waals surface area contributed by atoms with Gasteiger partial charge < -0.3 is 9.64 Å². The fourth-order valence-electron chi connectivity index (χ4n) is 2.37. The van der Waals surface area contributed by atoms with Crippen molar-refractivity contribution in [2.45, 2.75) is 33.8 Å². The van der Waals surface area contributed by atoms with Gasteiger partial charge in [-0.15, -0.1) is 0 Å². The van der Waals surface area contributed by atoms with Crippen molar-refractivity contribution in [3.63, 3.8) is 0 Å². The Labute approximate surface area is 132 Å². The standard InChI is InChI=1S/C14H24N4O3S/c1-5-22(19,20)18-8-6-17(7-9-18)13-10-14(21-11(2)3)16-12(4)15-13/h10-11H,5-9H2,1-4H3. The zero-order valence-corrected chi connectivity index (χ0v) is 14.4. The van der Waals surface area contributed by atoms with E-state index in [1.807, 2.05) is 26.8 Å². The van der Waals surface area contributed by atoms with E-state index >= 15 is 0 Å². The van der Waals surface area contributed by atoms with Crippen LogP contribution in [0.3, 0.4) is 0 Å². The number of ether oxygens (including phenoxy) is 1. The molecular weight excluding hydrogens is 304 g/mol. The zero-order valence-electron chi connectivity index (χ0n) is 13.6. The highest BCUT2D eigenvalue weighted by Crippen LogP contribution is 2.20. The topological polar surface area (TPSA) is 75.6 Å². The Morgan fingerprint density at radius 3 is 2.41 bits per heavy atom. The molecule has 0 amide bonds. The lowest BCUT2D eigenvalue weighted by molar-refractivity contribution is 0.231. The number of sulfonamides is 1. The summed E-state index contributed by atoms with van der Waals surface area (Å²) >= 11 is 0. The van der Waals surface area contributed by atoms with Crippen molar-refractivity contribution < 1.29 is 13.2 Å². The van der Waals surface area contributed by atoms with Gasteiger partial charge in [0, 0.05) is 32.2 Å². The maximum atomic E-state index is 11.9. The molecule has 2 heterocycles. The third-order valence-corrected chi connectivity index (χ3v) is 5.36. The van der Waals surface area contributed by atoms with E-state index in [1.165, 1.54) is 0 Å². The predicted molar refractivity (Wildman–Crippen MR) is 85.8 cm³/mol. The van der Waals surface area contributed by atoms with E-state index in [1.54, 1.807) is 11.2 Å². The summed E-state index contributed by atoms with van der Waals surface area (Å²) in [7, 11) is -3.11. The quantitative estimate of drug-likeness (QED) is 0.804. The number of piperazine rings is 1. The molecule has 1 aromatic rings. The molecule has 1 saturated heterocycles. The summed E-state index contributed by atoms with van der Waals surface area (Å²) in [4.78, 5) is 10.8. The van der Waals surface area contributed by atoms with Crippen LogP contribution in [-0.4, -0.2) is 60.7 Å². The Morgan fingerprint density at radius 2 is 1.86 bits per heavy atom. The van der Waals surface area contributed by atoms with Gasteiger partial charge in [0.15, 0.2) is 0 Å². The zero-order chi connectivity index (χ0) is 16.3. The van der Waals surface area contributed by atoms with E-state index in [0.717, 1.165) is 5.82 Å². The molecule has 0 aliphatic carbocycles. The second-order valence-electron chi connectivity index (χ2n) is 5.56. The van der Waals surface area contributed by atoms with Crippen molar-refractivity contribution >= 4 is 15.8 Å². The Kier molecular flexibility index (Phi) is 5.23. The molecule has 0 aromatic carbocycles. The Morgan fingerprint density at radius 1 is 1.23 bits per heavy atom. The van der Waals surface area contributed by atoms with Gasteiger partial charge in [0.1, 0.15) is 11.6 Å². The third-order valence-electron chi connectivity index (χ3n) is 3.48. The van der Waals surface area contributed by atoms with E-state index in [0.29, 0.717) is 37.9 Å². The maximum Gasteiger partial charge on any atom is 0.218 e. The second-order valence-corrected chi connectivity index (χ2v) is 7.82. The van der Waals surface area contributed by atoms with Crippen LogP contribution in [0.1, 0.15) is 26.6 Å². The lowest BCUT2D eigenvalue weighted by atomic mass is 10.3. The Bertz CT molecular complexity index is 611. The van der Waals surface area contributed by atoms with E-state index < -0.39 is 10.0 Å². The van der Waals surface area contributed by atoms with Crippen LogP contribution in [0, 0.1) is 6.92 Å². The van der Waals surface area contributed by atoms with Crippen LogP contribution in [0.2, 0.25) is 0 Å². The van der Waals surface area contributed by atoms with Crippen molar-refractivity contribution in [3.8, 4) is 5.88 Å². The minimum Gasteiger partial charge on any atom is -0.475 e. The minimum atomic E-state index is -3.11. The van der Waals surface area contributed by atoms with E-state index in [9.17, 15) is 8.42 Å². The molecule has 0 atom stereocenters. The molecule has 0 radical (unpaired) electrons. The third kappa shape index (κ3) is 4.07. The molecule has 0 N–H and O–H groups in total. The van der Waals surface area contributed by atoms with E-state index in [2.05, 4.69) is 14.9 Å². The van der Waals surface area contributed by atoms with Gasteiger partial charge in [0.05, 0.1) is 11.9 Å². The van der Waals surface area contributed by atoms with Gasteiger partial charge in [-0.05, 0) is 27.7 Å². The smallest absolute Gasteiger partial charge is 0.218 e. The summed E-state index contributed by atoms with van der Waals surface area (Å²) in [6.07, 6.45) is 0.0497. The number of hydrogen-bond acceptors (Lipinski definition) is 6. The maximum absolute atomic E-state index is 11.9. The monoisotopic (exact) mass is 328 g/mol. The van der Waals surface area contributed by atoms with E-state index in [4.69, 9.17) is 4.74 Å². The molecule has 1 aromatic heterocycles. The number of aryl methyl sites for hydroxylation is 1. The lowest BCUT2D eigenvalue weighted by Crippen LogP contribution is -2.49. The molecule has 22 heavy (non-hydrogen) atoms. The van der Waals surface area contributed by atoms with Crippen LogP contribution in [0.4, 0.5) is 5.82 Å². The van der Waals surface area contributed by atoms with Gasteiger partial charge in [0.25, 0.3) is 0 Å². The largest absolute Gasteiger partial charge is 0.475 e. The average molecular weight is 328 g/mol. The van der Waals surface area contributed by atoms with Crippen LogP contribution < -0.4 is 9.64 Å². The molecule has 1 aliphatic heterocycles. The lowest BCUT2D eigenvalue weighted by Gasteiger charge is -2.34. The highest BCUT2D eigenvalue weighted by atomic mass is 32.2. The van der Waals surface area contributed by atoms with Gasteiger partial charge in [0.2, 0.25) is 15.9 Å².